The summed E-state index contributed by atoms with van der Waals surface area (Å²) in [6.45, 7) is 3.86. The molecule has 0 aromatic heterocycles. The lowest BCUT2D eigenvalue weighted by Crippen LogP contribution is -2.54. The molecular weight excluding hydrogens is 325 g/mol. The molecule has 1 aromatic carbocycles. The van der Waals surface area contributed by atoms with E-state index in [2.05, 4.69) is 15.9 Å². The lowest BCUT2D eigenvalue weighted by molar-refractivity contribution is -0.120. The number of rotatable bonds is 5. The zero-order valence-electron chi connectivity index (χ0n) is 11.7. The molecule has 1 saturated heterocycles. The van der Waals surface area contributed by atoms with Gasteiger partial charge in [0.2, 0.25) is 0 Å². The van der Waals surface area contributed by atoms with E-state index in [0.717, 1.165) is 17.3 Å². The van der Waals surface area contributed by atoms with E-state index in [9.17, 15) is 4.39 Å². The fourth-order valence-corrected chi connectivity index (χ4v) is 3.16. The summed E-state index contributed by atoms with van der Waals surface area (Å²) in [7, 11) is 0. The maximum Gasteiger partial charge on any atom is 0.126 e. The summed E-state index contributed by atoms with van der Waals surface area (Å²) >= 11 is 3.37. The maximum atomic E-state index is 13.9. The van der Waals surface area contributed by atoms with Crippen LogP contribution >= 0.6 is 15.9 Å². The third-order valence-corrected chi connectivity index (χ3v) is 4.39. The van der Waals surface area contributed by atoms with Crippen molar-refractivity contribution >= 4 is 15.9 Å². The molecule has 2 rings (SSSR count). The summed E-state index contributed by atoms with van der Waals surface area (Å²) in [6, 6.07) is 4.70. The van der Waals surface area contributed by atoms with Crippen molar-refractivity contribution in [3.05, 3.63) is 34.1 Å². The molecule has 20 heavy (non-hydrogen) atoms. The number of nitrogens with two attached hydrogens (primary N) is 1. The lowest BCUT2D eigenvalue weighted by atomic mass is 9.83. The van der Waals surface area contributed by atoms with Crippen LogP contribution in [-0.4, -0.2) is 31.5 Å². The van der Waals surface area contributed by atoms with Crippen LogP contribution in [0.2, 0.25) is 0 Å². The predicted molar refractivity (Wildman–Crippen MR) is 80.2 cm³/mol. The van der Waals surface area contributed by atoms with Gasteiger partial charge < -0.3 is 15.2 Å². The van der Waals surface area contributed by atoms with Crippen LogP contribution < -0.4 is 5.73 Å². The molecule has 1 unspecified atom stereocenters. The second kappa shape index (κ2) is 6.98. The van der Waals surface area contributed by atoms with Crippen LogP contribution in [0.4, 0.5) is 4.39 Å². The van der Waals surface area contributed by atoms with E-state index < -0.39 is 5.60 Å². The summed E-state index contributed by atoms with van der Waals surface area (Å²) in [5.74, 6) is -0.220. The van der Waals surface area contributed by atoms with Gasteiger partial charge in [0, 0.05) is 43.2 Å². The predicted octanol–water partition coefficient (Wildman–Crippen LogP) is 3.04. The average Bonchev–Trinajstić information content (AvgIpc) is 2.44. The largest absolute Gasteiger partial charge is 0.381 e. The van der Waals surface area contributed by atoms with Gasteiger partial charge in [-0.1, -0.05) is 15.9 Å². The highest BCUT2D eigenvalue weighted by Gasteiger charge is 2.39. The summed E-state index contributed by atoms with van der Waals surface area (Å²) in [4.78, 5) is 0. The molecule has 1 aromatic rings. The average molecular weight is 346 g/mol. The van der Waals surface area contributed by atoms with Crippen molar-refractivity contribution in [3.63, 3.8) is 0 Å². The van der Waals surface area contributed by atoms with E-state index in [1.807, 2.05) is 6.92 Å². The van der Waals surface area contributed by atoms with E-state index in [1.54, 1.807) is 12.1 Å². The van der Waals surface area contributed by atoms with Crippen molar-refractivity contribution in [3.8, 4) is 0 Å². The van der Waals surface area contributed by atoms with E-state index >= 15 is 0 Å². The van der Waals surface area contributed by atoms with Gasteiger partial charge in [0.1, 0.15) is 5.82 Å². The van der Waals surface area contributed by atoms with Crippen molar-refractivity contribution < 1.29 is 13.9 Å². The zero-order valence-corrected chi connectivity index (χ0v) is 13.3. The Morgan fingerprint density at radius 2 is 2.15 bits per heavy atom. The minimum atomic E-state index is -0.401. The molecule has 0 spiro atoms. The van der Waals surface area contributed by atoms with Crippen molar-refractivity contribution in [2.45, 2.75) is 37.8 Å². The Morgan fingerprint density at radius 3 is 2.80 bits per heavy atom. The first kappa shape index (κ1) is 15.9. The molecular formula is C15H21BrFNO2. The Bertz CT molecular complexity index is 444. The Kier molecular flexibility index (Phi) is 5.55. The number of benzene rings is 1. The summed E-state index contributed by atoms with van der Waals surface area (Å²) in [5, 5.41) is 0. The minimum Gasteiger partial charge on any atom is -0.381 e. The number of halogens is 2. The molecule has 1 fully saturated rings. The number of hydrogen-bond donors (Lipinski definition) is 1. The SMILES string of the molecule is CCOC1(C(N)Cc2cc(Br)ccc2F)CCOCC1. The molecule has 1 heterocycles. The van der Waals surface area contributed by atoms with Crippen molar-refractivity contribution in [2.24, 2.45) is 5.73 Å². The second-order valence-electron chi connectivity index (χ2n) is 5.16. The van der Waals surface area contributed by atoms with Crippen LogP contribution in [0.5, 0.6) is 0 Å². The monoisotopic (exact) mass is 345 g/mol. The van der Waals surface area contributed by atoms with Gasteiger partial charge in [-0.3, -0.25) is 0 Å². The van der Waals surface area contributed by atoms with Gasteiger partial charge in [-0.15, -0.1) is 0 Å². The third-order valence-electron chi connectivity index (χ3n) is 3.89. The second-order valence-corrected chi connectivity index (χ2v) is 6.07. The molecule has 0 amide bonds. The molecule has 2 N–H and O–H groups in total. The summed E-state index contributed by atoms with van der Waals surface area (Å²) in [5.41, 5.74) is 6.58. The van der Waals surface area contributed by atoms with Gasteiger partial charge in [0.25, 0.3) is 0 Å². The molecule has 3 nitrogen and oxygen atoms in total. The van der Waals surface area contributed by atoms with E-state index in [-0.39, 0.29) is 11.9 Å². The van der Waals surface area contributed by atoms with Crippen LogP contribution in [0.1, 0.15) is 25.3 Å². The van der Waals surface area contributed by atoms with Crippen LogP contribution in [0.25, 0.3) is 0 Å². The van der Waals surface area contributed by atoms with E-state index in [4.69, 9.17) is 15.2 Å². The van der Waals surface area contributed by atoms with Crippen LogP contribution in [0, 0.1) is 5.82 Å². The lowest BCUT2D eigenvalue weighted by Gasteiger charge is -2.41. The van der Waals surface area contributed by atoms with Gasteiger partial charge >= 0.3 is 0 Å². The van der Waals surface area contributed by atoms with Crippen molar-refractivity contribution in [1.82, 2.24) is 0 Å². The Labute approximate surface area is 127 Å². The fraction of sp³-hybridized carbons (Fsp3) is 0.600. The smallest absolute Gasteiger partial charge is 0.126 e. The van der Waals surface area contributed by atoms with Gasteiger partial charge in [-0.25, -0.2) is 4.39 Å². The topological polar surface area (TPSA) is 44.5 Å². The molecule has 1 aliphatic rings. The van der Waals surface area contributed by atoms with Gasteiger partial charge in [0.05, 0.1) is 5.60 Å². The van der Waals surface area contributed by atoms with Crippen molar-refractivity contribution in [2.75, 3.05) is 19.8 Å². The molecule has 0 radical (unpaired) electrons. The zero-order chi connectivity index (χ0) is 14.6. The van der Waals surface area contributed by atoms with Crippen LogP contribution in [-0.2, 0) is 15.9 Å². The maximum absolute atomic E-state index is 13.9. The van der Waals surface area contributed by atoms with Gasteiger partial charge in [-0.2, -0.15) is 0 Å². The first-order chi connectivity index (χ1) is 9.57. The Hall–Kier alpha value is -0.490. The summed E-state index contributed by atoms with van der Waals surface area (Å²) < 4.78 is 26.1. The van der Waals surface area contributed by atoms with Gasteiger partial charge in [0.15, 0.2) is 0 Å². The number of ether oxygens (including phenoxy) is 2. The molecule has 0 bridgehead atoms. The first-order valence-corrected chi connectivity index (χ1v) is 7.78. The quantitative estimate of drug-likeness (QED) is 0.891. The Morgan fingerprint density at radius 1 is 1.45 bits per heavy atom. The molecule has 1 atom stereocenters. The normalized spacial score (nSPS) is 19.8. The number of hydrogen-bond acceptors (Lipinski definition) is 3. The molecule has 112 valence electrons. The Balaban J connectivity index is 2.15. The molecule has 1 aliphatic heterocycles. The highest BCUT2D eigenvalue weighted by Crippen LogP contribution is 2.30. The fourth-order valence-electron chi connectivity index (χ4n) is 2.75. The van der Waals surface area contributed by atoms with Gasteiger partial charge in [-0.05, 0) is 37.1 Å². The standard InChI is InChI=1S/C15H21BrFNO2/c1-2-20-15(5-7-19-8-6-15)14(18)10-11-9-12(16)3-4-13(11)17/h3-4,9,14H,2,5-8,10,18H2,1H3. The van der Waals surface area contributed by atoms with Crippen LogP contribution in [0.3, 0.4) is 0 Å². The highest BCUT2D eigenvalue weighted by atomic mass is 79.9. The van der Waals surface area contributed by atoms with Crippen LogP contribution in [0.15, 0.2) is 22.7 Å². The minimum absolute atomic E-state index is 0.220. The molecule has 0 saturated carbocycles. The highest BCUT2D eigenvalue weighted by molar-refractivity contribution is 9.10. The summed E-state index contributed by atoms with van der Waals surface area (Å²) in [6.07, 6.45) is 1.99. The van der Waals surface area contributed by atoms with E-state index in [1.165, 1.54) is 6.07 Å². The first-order valence-electron chi connectivity index (χ1n) is 6.98. The van der Waals surface area contributed by atoms with E-state index in [0.29, 0.717) is 31.8 Å². The third kappa shape index (κ3) is 3.58. The molecule has 5 heteroatoms. The van der Waals surface area contributed by atoms with Crippen molar-refractivity contribution in [1.29, 1.82) is 0 Å². The molecule has 0 aliphatic carbocycles.